The molecule has 322 valence electrons. The van der Waals surface area contributed by atoms with Gasteiger partial charge in [0.25, 0.3) is 0 Å². The van der Waals surface area contributed by atoms with E-state index in [1.54, 1.807) is 0 Å². The van der Waals surface area contributed by atoms with Gasteiger partial charge < -0.3 is 20.3 Å². The molecule has 3 unspecified atom stereocenters. The first-order valence-electron chi connectivity index (χ1n) is 23.2. The minimum atomic E-state index is -0.820. The highest BCUT2D eigenvalue weighted by Gasteiger charge is 2.23. The van der Waals surface area contributed by atoms with Crippen molar-refractivity contribution in [1.82, 2.24) is 5.32 Å². The zero-order valence-electron chi connectivity index (χ0n) is 36.5. The lowest BCUT2D eigenvalue weighted by atomic mass is 10.0. The van der Waals surface area contributed by atoms with Crippen LogP contribution in [0.25, 0.3) is 0 Å². The molecular formula is C50H87NO5. The summed E-state index contributed by atoms with van der Waals surface area (Å²) in [6.45, 7) is 6.26. The lowest BCUT2D eigenvalue weighted by Gasteiger charge is -2.24. The number of allylic oxidation sites excluding steroid dienone is 11. The average Bonchev–Trinajstić information content (AvgIpc) is 3.19. The number of amides is 1. The number of aliphatic hydroxyl groups excluding tert-OH is 2. The van der Waals surface area contributed by atoms with E-state index in [0.29, 0.717) is 19.3 Å². The third-order valence-electron chi connectivity index (χ3n) is 10.1. The van der Waals surface area contributed by atoms with Gasteiger partial charge in [-0.05, 0) is 44.9 Å². The molecule has 0 saturated heterocycles. The van der Waals surface area contributed by atoms with E-state index in [0.717, 1.165) is 57.8 Å². The van der Waals surface area contributed by atoms with Crippen LogP contribution in [-0.2, 0) is 14.3 Å². The minimum Gasteiger partial charge on any atom is -0.461 e. The smallest absolute Gasteiger partial charge is 0.306 e. The SMILES string of the molecule is CC/C=C/C=C/C=C\C=C/C=C/CC(CC(=O)NC(CO)C(O)CCCCCCCCCCCCCCCC)OC(=O)CCCCCCC/C=C\CCCCC. The first-order valence-corrected chi connectivity index (χ1v) is 23.2. The van der Waals surface area contributed by atoms with Crippen molar-refractivity contribution in [2.24, 2.45) is 0 Å². The summed E-state index contributed by atoms with van der Waals surface area (Å²) < 4.78 is 5.81. The van der Waals surface area contributed by atoms with Gasteiger partial charge in [0, 0.05) is 12.8 Å². The molecule has 3 atom stereocenters. The standard InChI is InChI=1S/C50H87NO5/c1-4-7-10-13-16-19-22-24-25-27-30-33-36-39-42-48(53)47(45-52)51-49(54)44-46(41-38-35-32-29-26-21-18-15-12-9-6-3)56-50(55)43-40-37-34-31-28-23-20-17-14-11-8-5-2/h9,12,15,17-18,20-21,26,29,32,35,38,46-48,52-53H,4-8,10-11,13-14,16,19,22-25,27-28,30-31,33-34,36-37,39-45H2,1-3H3,(H,51,54)/b12-9+,18-15+,20-17-,26-21-,32-29-,38-35+. The molecule has 3 N–H and O–H groups in total. The van der Waals surface area contributed by atoms with Gasteiger partial charge in [-0.25, -0.2) is 0 Å². The normalized spacial score (nSPS) is 14.0. The van der Waals surface area contributed by atoms with Crippen molar-refractivity contribution in [3.8, 4) is 0 Å². The van der Waals surface area contributed by atoms with Crippen LogP contribution in [0.4, 0.5) is 0 Å². The lowest BCUT2D eigenvalue weighted by Crippen LogP contribution is -2.46. The third-order valence-corrected chi connectivity index (χ3v) is 10.1. The molecule has 0 radical (unpaired) electrons. The van der Waals surface area contributed by atoms with Crippen molar-refractivity contribution in [1.29, 1.82) is 0 Å². The van der Waals surface area contributed by atoms with E-state index in [2.05, 4.69) is 44.3 Å². The highest BCUT2D eigenvalue weighted by atomic mass is 16.5. The van der Waals surface area contributed by atoms with Crippen molar-refractivity contribution >= 4 is 11.9 Å². The van der Waals surface area contributed by atoms with E-state index in [9.17, 15) is 19.8 Å². The number of aliphatic hydroxyl groups is 2. The molecule has 0 aliphatic heterocycles. The Hall–Kier alpha value is -2.70. The van der Waals surface area contributed by atoms with Crippen LogP contribution in [0, 0.1) is 0 Å². The van der Waals surface area contributed by atoms with Crippen molar-refractivity contribution < 1.29 is 24.5 Å². The van der Waals surface area contributed by atoms with E-state index in [4.69, 9.17) is 4.74 Å². The number of ether oxygens (including phenoxy) is 1. The second kappa shape index (κ2) is 43.4. The highest BCUT2D eigenvalue weighted by molar-refractivity contribution is 5.77. The van der Waals surface area contributed by atoms with E-state index in [1.807, 2.05) is 54.7 Å². The zero-order valence-corrected chi connectivity index (χ0v) is 36.5. The molecule has 6 nitrogen and oxygen atoms in total. The molecule has 0 rings (SSSR count). The predicted molar refractivity (Wildman–Crippen MR) is 241 cm³/mol. The summed E-state index contributed by atoms with van der Waals surface area (Å²) in [6.07, 6.45) is 54.1. The molecule has 0 aliphatic rings. The largest absolute Gasteiger partial charge is 0.461 e. The number of esters is 1. The Bertz CT molecular complexity index is 1060. The Morgan fingerprint density at radius 2 is 1.00 bits per heavy atom. The van der Waals surface area contributed by atoms with Crippen LogP contribution in [0.3, 0.4) is 0 Å². The van der Waals surface area contributed by atoms with Crippen molar-refractivity contribution in [3.05, 3.63) is 72.9 Å². The fraction of sp³-hybridized carbons (Fsp3) is 0.720. The molecule has 0 saturated carbocycles. The number of carbonyl (C=O) groups is 2. The van der Waals surface area contributed by atoms with E-state index < -0.39 is 18.2 Å². The molecule has 0 aromatic heterocycles. The van der Waals surface area contributed by atoms with Crippen LogP contribution in [0.1, 0.15) is 207 Å². The second-order valence-electron chi connectivity index (χ2n) is 15.6. The molecule has 56 heavy (non-hydrogen) atoms. The van der Waals surface area contributed by atoms with Gasteiger partial charge in [0.15, 0.2) is 0 Å². The van der Waals surface area contributed by atoms with Crippen molar-refractivity contribution in [3.63, 3.8) is 0 Å². The molecule has 0 aromatic rings. The van der Waals surface area contributed by atoms with Crippen molar-refractivity contribution in [2.45, 2.75) is 225 Å². The molecule has 0 spiro atoms. The minimum absolute atomic E-state index is 0.0240. The Kier molecular flexibility index (Phi) is 41.3. The first kappa shape index (κ1) is 53.3. The van der Waals surface area contributed by atoms with Gasteiger partial charge in [-0.2, -0.15) is 0 Å². The van der Waals surface area contributed by atoms with Crippen LogP contribution in [0.2, 0.25) is 0 Å². The van der Waals surface area contributed by atoms with Crippen LogP contribution in [-0.4, -0.2) is 46.9 Å². The van der Waals surface area contributed by atoms with Gasteiger partial charge in [-0.15, -0.1) is 0 Å². The molecule has 0 bridgehead atoms. The molecule has 1 amide bonds. The monoisotopic (exact) mass is 782 g/mol. The fourth-order valence-electron chi connectivity index (χ4n) is 6.62. The molecule has 0 heterocycles. The molecular weight excluding hydrogens is 695 g/mol. The summed E-state index contributed by atoms with van der Waals surface area (Å²) >= 11 is 0. The molecule has 0 aromatic carbocycles. The summed E-state index contributed by atoms with van der Waals surface area (Å²) in [5.41, 5.74) is 0. The van der Waals surface area contributed by atoms with Crippen molar-refractivity contribution in [2.75, 3.05) is 6.61 Å². The van der Waals surface area contributed by atoms with E-state index in [-0.39, 0.29) is 24.9 Å². The maximum absolute atomic E-state index is 13.1. The van der Waals surface area contributed by atoms with Gasteiger partial charge in [-0.1, -0.05) is 216 Å². The Balaban J connectivity index is 4.70. The number of carbonyl (C=O) groups excluding carboxylic acids is 2. The van der Waals surface area contributed by atoms with Gasteiger partial charge >= 0.3 is 5.97 Å². The number of rotatable bonds is 40. The van der Waals surface area contributed by atoms with Gasteiger partial charge in [0.2, 0.25) is 5.91 Å². The number of nitrogens with one attached hydrogen (secondary N) is 1. The molecule has 0 aliphatic carbocycles. The van der Waals surface area contributed by atoms with Crippen LogP contribution < -0.4 is 5.32 Å². The quantitative estimate of drug-likeness (QED) is 0.0249. The second-order valence-corrected chi connectivity index (χ2v) is 15.6. The molecule has 0 fully saturated rings. The van der Waals surface area contributed by atoms with Crippen LogP contribution >= 0.6 is 0 Å². The zero-order chi connectivity index (χ0) is 41.0. The Labute approximate surface area is 345 Å². The van der Waals surface area contributed by atoms with Crippen LogP contribution in [0.5, 0.6) is 0 Å². The summed E-state index contributed by atoms with van der Waals surface area (Å²) in [4.78, 5) is 25.9. The Morgan fingerprint density at radius 1 is 0.554 bits per heavy atom. The maximum atomic E-state index is 13.1. The lowest BCUT2D eigenvalue weighted by molar-refractivity contribution is -0.150. The topological polar surface area (TPSA) is 95.9 Å². The van der Waals surface area contributed by atoms with Gasteiger partial charge in [0.05, 0.1) is 25.2 Å². The highest BCUT2D eigenvalue weighted by Crippen LogP contribution is 2.16. The first-order chi connectivity index (χ1) is 27.5. The fourth-order valence-corrected chi connectivity index (χ4v) is 6.62. The summed E-state index contributed by atoms with van der Waals surface area (Å²) in [5.74, 6) is -0.623. The summed E-state index contributed by atoms with van der Waals surface area (Å²) in [5, 5.41) is 23.6. The van der Waals surface area contributed by atoms with Gasteiger partial charge in [0.1, 0.15) is 6.10 Å². The maximum Gasteiger partial charge on any atom is 0.306 e. The van der Waals surface area contributed by atoms with E-state index >= 15 is 0 Å². The number of unbranched alkanes of at least 4 members (excludes halogenated alkanes) is 21. The number of hydrogen-bond acceptors (Lipinski definition) is 5. The van der Waals surface area contributed by atoms with Gasteiger partial charge in [-0.3, -0.25) is 9.59 Å². The van der Waals surface area contributed by atoms with E-state index in [1.165, 1.54) is 103 Å². The van der Waals surface area contributed by atoms with Crippen LogP contribution in [0.15, 0.2) is 72.9 Å². The number of hydrogen-bond donors (Lipinski definition) is 3. The summed E-state index contributed by atoms with van der Waals surface area (Å²) in [6, 6.07) is -0.742. The summed E-state index contributed by atoms with van der Waals surface area (Å²) in [7, 11) is 0. The predicted octanol–water partition coefficient (Wildman–Crippen LogP) is 13.4. The molecule has 6 heteroatoms. The average molecular weight is 782 g/mol. The Morgan fingerprint density at radius 3 is 1.54 bits per heavy atom. The third kappa shape index (κ3) is 38.2.